The fourth-order valence-corrected chi connectivity index (χ4v) is 2.93. The molecular weight excluding hydrogens is 336 g/mol. The third kappa shape index (κ3) is 4.50. The van der Waals surface area contributed by atoms with Crippen molar-refractivity contribution < 1.29 is 4.79 Å². The van der Waals surface area contributed by atoms with Gasteiger partial charge in [0.15, 0.2) is 0 Å². The highest BCUT2D eigenvalue weighted by Gasteiger charge is 2.11. The van der Waals surface area contributed by atoms with Crippen LogP contribution in [0.1, 0.15) is 39.7 Å². The summed E-state index contributed by atoms with van der Waals surface area (Å²) >= 11 is 0. The Bertz CT molecular complexity index is 953. The molecule has 1 amide bonds. The monoisotopic (exact) mass is 360 g/mol. The van der Waals surface area contributed by atoms with E-state index >= 15 is 0 Å². The van der Waals surface area contributed by atoms with Gasteiger partial charge in [-0.15, -0.1) is 0 Å². The van der Waals surface area contributed by atoms with Crippen molar-refractivity contribution in [2.45, 2.75) is 33.7 Å². The van der Waals surface area contributed by atoms with Crippen molar-refractivity contribution in [2.24, 2.45) is 0 Å². The number of anilines is 2. The van der Waals surface area contributed by atoms with Gasteiger partial charge in [0.25, 0.3) is 5.91 Å². The van der Waals surface area contributed by atoms with Crippen molar-refractivity contribution in [2.75, 3.05) is 5.32 Å². The molecule has 1 heterocycles. The molecule has 0 atom stereocenters. The Morgan fingerprint density at radius 3 is 2.48 bits per heavy atom. The Kier molecular flexibility index (Phi) is 5.81. The van der Waals surface area contributed by atoms with Gasteiger partial charge in [-0.05, 0) is 48.6 Å². The highest BCUT2D eigenvalue weighted by molar-refractivity contribution is 5.92. The van der Waals surface area contributed by atoms with Crippen LogP contribution in [0.3, 0.4) is 0 Å². The highest BCUT2D eigenvalue weighted by Crippen LogP contribution is 2.23. The van der Waals surface area contributed by atoms with Gasteiger partial charge in [-0.2, -0.15) is 0 Å². The predicted octanol–water partition coefficient (Wildman–Crippen LogP) is 4.33. The van der Waals surface area contributed by atoms with E-state index < -0.39 is 0 Å². The molecule has 0 spiro atoms. The molecule has 0 saturated carbocycles. The number of hydrogen-bond donors (Lipinski definition) is 2. The van der Waals surface area contributed by atoms with Crippen LogP contribution in [0, 0.1) is 13.8 Å². The van der Waals surface area contributed by atoms with Gasteiger partial charge in [0.05, 0.1) is 0 Å². The summed E-state index contributed by atoms with van der Waals surface area (Å²) in [5, 5.41) is 6.19. The maximum Gasteiger partial charge on any atom is 0.270 e. The van der Waals surface area contributed by atoms with Crippen LogP contribution in [-0.2, 0) is 13.0 Å². The molecule has 0 saturated heterocycles. The summed E-state index contributed by atoms with van der Waals surface area (Å²) in [7, 11) is 0. The lowest BCUT2D eigenvalue weighted by atomic mass is 10.1. The zero-order chi connectivity index (χ0) is 19.2. The molecule has 0 aliphatic rings. The van der Waals surface area contributed by atoms with Crippen molar-refractivity contribution in [3.8, 4) is 0 Å². The van der Waals surface area contributed by atoms with Crippen molar-refractivity contribution in [1.29, 1.82) is 0 Å². The molecule has 2 N–H and O–H groups in total. The zero-order valence-electron chi connectivity index (χ0n) is 15.9. The second-order valence-corrected chi connectivity index (χ2v) is 6.46. The molecule has 27 heavy (non-hydrogen) atoms. The van der Waals surface area contributed by atoms with Gasteiger partial charge in [-0.25, -0.2) is 9.97 Å². The minimum Gasteiger partial charge on any atom is -0.347 e. The maximum absolute atomic E-state index is 12.5. The summed E-state index contributed by atoms with van der Waals surface area (Å²) in [5.41, 5.74) is 5.88. The van der Waals surface area contributed by atoms with E-state index in [9.17, 15) is 4.79 Å². The molecule has 0 radical (unpaired) electrons. The van der Waals surface area contributed by atoms with E-state index in [1.54, 1.807) is 12.3 Å². The Balaban J connectivity index is 1.74. The number of carbonyl (C=O) groups excluding carboxylic acids is 1. The molecule has 5 heteroatoms. The quantitative estimate of drug-likeness (QED) is 0.687. The first-order valence-corrected chi connectivity index (χ1v) is 9.09. The van der Waals surface area contributed by atoms with E-state index in [1.165, 1.54) is 5.56 Å². The molecule has 0 unspecified atom stereocenters. The lowest BCUT2D eigenvalue weighted by Crippen LogP contribution is -2.24. The Hall–Kier alpha value is -3.21. The second kappa shape index (κ2) is 8.45. The number of rotatable bonds is 6. The van der Waals surface area contributed by atoms with Gasteiger partial charge in [0.2, 0.25) is 5.95 Å². The average Bonchev–Trinajstić information content (AvgIpc) is 2.69. The average molecular weight is 360 g/mol. The Morgan fingerprint density at radius 2 is 1.70 bits per heavy atom. The van der Waals surface area contributed by atoms with Gasteiger partial charge in [-0.3, -0.25) is 4.79 Å². The molecule has 0 aliphatic carbocycles. The van der Waals surface area contributed by atoms with Crippen LogP contribution in [0.15, 0.2) is 54.7 Å². The minimum absolute atomic E-state index is 0.218. The Morgan fingerprint density at radius 1 is 0.963 bits per heavy atom. The number of nitrogens with one attached hydrogen (secondary N) is 2. The highest BCUT2D eigenvalue weighted by atomic mass is 16.1. The molecule has 2 aromatic carbocycles. The smallest absolute Gasteiger partial charge is 0.270 e. The summed E-state index contributed by atoms with van der Waals surface area (Å²) in [6.45, 7) is 6.65. The lowest BCUT2D eigenvalue weighted by Gasteiger charge is -2.13. The van der Waals surface area contributed by atoms with E-state index in [-0.39, 0.29) is 5.91 Å². The number of benzene rings is 2. The summed E-state index contributed by atoms with van der Waals surface area (Å²) in [5.74, 6) is 0.201. The second-order valence-electron chi connectivity index (χ2n) is 6.46. The van der Waals surface area contributed by atoms with Gasteiger partial charge in [0, 0.05) is 18.4 Å². The predicted molar refractivity (Wildman–Crippen MR) is 108 cm³/mol. The van der Waals surface area contributed by atoms with Gasteiger partial charge >= 0.3 is 0 Å². The molecule has 5 nitrogen and oxygen atoms in total. The third-order valence-electron chi connectivity index (χ3n) is 4.57. The molecule has 1 aromatic heterocycles. The standard InChI is InChI=1S/C22H24N4O/c1-4-17-11-7-9-16(3)20(17)26-22-23-13-12-19(25-22)21(27)24-14-18-10-6-5-8-15(18)2/h5-13H,4,14H2,1-3H3,(H,24,27)(H,23,25,26). The molecular formula is C22H24N4O. The topological polar surface area (TPSA) is 66.9 Å². The van der Waals surface area contributed by atoms with E-state index in [4.69, 9.17) is 0 Å². The SMILES string of the molecule is CCc1cccc(C)c1Nc1nccc(C(=O)NCc2ccccc2C)n1. The first kappa shape index (κ1) is 18.6. The fraction of sp³-hybridized carbons (Fsp3) is 0.227. The van der Waals surface area contributed by atoms with Crippen LogP contribution in [0.5, 0.6) is 0 Å². The van der Waals surface area contributed by atoms with Crippen LogP contribution < -0.4 is 10.6 Å². The fourth-order valence-electron chi connectivity index (χ4n) is 2.93. The third-order valence-corrected chi connectivity index (χ3v) is 4.57. The molecule has 0 bridgehead atoms. The minimum atomic E-state index is -0.218. The summed E-state index contributed by atoms with van der Waals surface area (Å²) in [4.78, 5) is 21.1. The molecule has 3 aromatic rings. The van der Waals surface area contributed by atoms with E-state index in [0.717, 1.165) is 28.8 Å². The lowest BCUT2D eigenvalue weighted by molar-refractivity contribution is 0.0946. The summed E-state index contributed by atoms with van der Waals surface area (Å²) in [6.07, 6.45) is 2.50. The van der Waals surface area contributed by atoms with Gasteiger partial charge in [0.1, 0.15) is 5.69 Å². The van der Waals surface area contributed by atoms with Crippen LogP contribution >= 0.6 is 0 Å². The number of amides is 1. The van der Waals surface area contributed by atoms with E-state index in [0.29, 0.717) is 18.2 Å². The van der Waals surface area contributed by atoms with Crippen molar-refractivity contribution in [3.05, 3.63) is 82.7 Å². The van der Waals surface area contributed by atoms with Crippen LogP contribution in [0.25, 0.3) is 0 Å². The number of para-hydroxylation sites is 1. The maximum atomic E-state index is 12.5. The first-order chi connectivity index (χ1) is 13.1. The largest absolute Gasteiger partial charge is 0.347 e. The van der Waals surface area contributed by atoms with Crippen molar-refractivity contribution >= 4 is 17.5 Å². The number of carbonyl (C=O) groups is 1. The van der Waals surface area contributed by atoms with Gasteiger partial charge in [-0.1, -0.05) is 49.4 Å². The van der Waals surface area contributed by atoms with Crippen LogP contribution in [0.2, 0.25) is 0 Å². The normalized spacial score (nSPS) is 10.5. The Labute approximate surface area is 159 Å². The van der Waals surface area contributed by atoms with Gasteiger partial charge < -0.3 is 10.6 Å². The van der Waals surface area contributed by atoms with E-state index in [1.807, 2.05) is 50.2 Å². The molecule has 3 rings (SSSR count). The summed E-state index contributed by atoms with van der Waals surface area (Å²) < 4.78 is 0. The summed E-state index contributed by atoms with van der Waals surface area (Å²) in [6, 6.07) is 15.8. The van der Waals surface area contributed by atoms with Crippen molar-refractivity contribution in [3.63, 3.8) is 0 Å². The van der Waals surface area contributed by atoms with Crippen LogP contribution in [0.4, 0.5) is 11.6 Å². The molecule has 0 fully saturated rings. The van der Waals surface area contributed by atoms with Crippen LogP contribution in [-0.4, -0.2) is 15.9 Å². The number of aryl methyl sites for hydroxylation is 3. The van der Waals surface area contributed by atoms with Crippen molar-refractivity contribution in [1.82, 2.24) is 15.3 Å². The first-order valence-electron chi connectivity index (χ1n) is 9.09. The number of hydrogen-bond acceptors (Lipinski definition) is 4. The zero-order valence-corrected chi connectivity index (χ0v) is 15.9. The van der Waals surface area contributed by atoms with E-state index in [2.05, 4.69) is 33.6 Å². The molecule has 0 aliphatic heterocycles. The molecule has 138 valence electrons. The number of aromatic nitrogens is 2. The number of nitrogens with zero attached hydrogens (tertiary/aromatic N) is 2.